The maximum atomic E-state index is 12.9. The molecule has 1 unspecified atom stereocenters. The molecule has 0 bridgehead atoms. The Morgan fingerprint density at radius 3 is 2.62 bits per heavy atom. The van der Waals surface area contributed by atoms with Gasteiger partial charge in [0.25, 0.3) is 11.8 Å². The summed E-state index contributed by atoms with van der Waals surface area (Å²) in [4.78, 5) is 56.7. The van der Waals surface area contributed by atoms with E-state index in [-0.39, 0.29) is 24.0 Å². The van der Waals surface area contributed by atoms with Crippen LogP contribution >= 0.6 is 0 Å². The van der Waals surface area contributed by atoms with Crippen LogP contribution in [0.1, 0.15) is 39.1 Å². The van der Waals surface area contributed by atoms with Crippen LogP contribution in [0.25, 0.3) is 0 Å². The van der Waals surface area contributed by atoms with E-state index in [1.54, 1.807) is 18.2 Å². The van der Waals surface area contributed by atoms with Crippen molar-refractivity contribution >= 4 is 35.5 Å². The van der Waals surface area contributed by atoms with Crippen LogP contribution in [-0.2, 0) is 16.1 Å². The zero-order chi connectivity index (χ0) is 22.2. The predicted molar refractivity (Wildman–Crippen MR) is 112 cm³/mol. The van der Waals surface area contributed by atoms with E-state index in [0.29, 0.717) is 18.4 Å². The van der Waals surface area contributed by atoms with Crippen molar-refractivity contribution in [3.63, 3.8) is 0 Å². The van der Waals surface area contributed by atoms with Crippen LogP contribution < -0.4 is 20.9 Å². The number of piperazine rings is 1. The number of aromatic nitrogens is 3. The number of amides is 4. The lowest BCUT2D eigenvalue weighted by atomic mass is 10.0. The standard InChI is InChI=1S/C20H22N8O4/c29-15-4-3-14(16(30)23-15)28-17(31)12-2-1-11(9-13(12)18(28)32)10-22-19-24-20(26-25-19)27-7-5-21-6-8-27/h1-2,9,14,21H,3-8,10H2,(H,23,29,30)(H2,22,24,25,26). The zero-order valence-corrected chi connectivity index (χ0v) is 17.2. The number of rotatable bonds is 5. The van der Waals surface area contributed by atoms with Crippen molar-refractivity contribution in [1.82, 2.24) is 30.7 Å². The zero-order valence-electron chi connectivity index (χ0n) is 17.2. The third kappa shape index (κ3) is 3.58. The maximum Gasteiger partial charge on any atom is 0.262 e. The first-order valence-electron chi connectivity index (χ1n) is 10.5. The van der Waals surface area contributed by atoms with E-state index in [9.17, 15) is 19.2 Å². The molecule has 2 fully saturated rings. The number of fused-ring (bicyclic) bond motifs is 1. The Bertz CT molecular complexity index is 1110. The highest BCUT2D eigenvalue weighted by Crippen LogP contribution is 2.28. The molecular weight excluding hydrogens is 416 g/mol. The topological polar surface area (TPSA) is 152 Å². The quantitative estimate of drug-likeness (QED) is 0.441. The molecule has 3 aliphatic rings. The average molecular weight is 438 g/mol. The molecule has 3 aliphatic heterocycles. The minimum Gasteiger partial charge on any atom is -0.350 e. The second kappa shape index (κ2) is 8.04. The van der Waals surface area contributed by atoms with E-state index in [2.05, 4.69) is 36.0 Å². The molecule has 2 saturated heterocycles. The summed E-state index contributed by atoms with van der Waals surface area (Å²) >= 11 is 0. The molecule has 1 aromatic carbocycles. The van der Waals surface area contributed by atoms with Gasteiger partial charge in [0.15, 0.2) is 0 Å². The maximum absolute atomic E-state index is 12.9. The largest absolute Gasteiger partial charge is 0.350 e. The Kier molecular flexibility index (Phi) is 5.05. The fourth-order valence-corrected chi connectivity index (χ4v) is 4.15. The highest BCUT2D eigenvalue weighted by atomic mass is 16.2. The molecule has 4 heterocycles. The number of anilines is 2. The fraction of sp³-hybridized carbons (Fsp3) is 0.400. The smallest absolute Gasteiger partial charge is 0.262 e. The van der Waals surface area contributed by atoms with E-state index in [0.717, 1.165) is 36.6 Å². The number of benzene rings is 1. The summed E-state index contributed by atoms with van der Waals surface area (Å²) in [7, 11) is 0. The van der Waals surface area contributed by atoms with E-state index in [1.807, 2.05) is 0 Å². The van der Waals surface area contributed by atoms with Crippen molar-refractivity contribution in [2.45, 2.75) is 25.4 Å². The van der Waals surface area contributed by atoms with Crippen LogP contribution in [0.5, 0.6) is 0 Å². The third-order valence-corrected chi connectivity index (χ3v) is 5.84. The third-order valence-electron chi connectivity index (χ3n) is 5.84. The molecule has 1 aromatic heterocycles. The monoisotopic (exact) mass is 438 g/mol. The number of piperidine rings is 1. The Labute approximate surface area is 182 Å². The molecule has 166 valence electrons. The summed E-state index contributed by atoms with van der Waals surface area (Å²) in [5, 5.41) is 15.7. The SMILES string of the molecule is O=C1CCC(N2C(=O)c3ccc(CNc4nc(N5CCNCC5)n[nH]4)cc3C2=O)C(=O)N1. The normalized spacial score (nSPS) is 21.1. The number of aromatic amines is 1. The molecule has 12 nitrogen and oxygen atoms in total. The van der Waals surface area contributed by atoms with Crippen LogP contribution in [0.15, 0.2) is 18.2 Å². The van der Waals surface area contributed by atoms with Gasteiger partial charge in [0, 0.05) is 39.1 Å². The lowest BCUT2D eigenvalue weighted by Gasteiger charge is -2.27. The van der Waals surface area contributed by atoms with Crippen LogP contribution in [0.2, 0.25) is 0 Å². The first-order valence-corrected chi connectivity index (χ1v) is 10.5. The van der Waals surface area contributed by atoms with Gasteiger partial charge in [-0.25, -0.2) is 5.10 Å². The van der Waals surface area contributed by atoms with E-state index in [1.165, 1.54) is 0 Å². The van der Waals surface area contributed by atoms with Gasteiger partial charge in [-0.15, -0.1) is 5.10 Å². The second-order valence-corrected chi connectivity index (χ2v) is 7.90. The summed E-state index contributed by atoms with van der Waals surface area (Å²) in [6, 6.07) is 4.00. The van der Waals surface area contributed by atoms with Crippen molar-refractivity contribution in [2.75, 3.05) is 36.4 Å². The highest BCUT2D eigenvalue weighted by Gasteiger charge is 2.44. The van der Waals surface area contributed by atoms with E-state index < -0.39 is 29.7 Å². The van der Waals surface area contributed by atoms with E-state index >= 15 is 0 Å². The molecule has 5 rings (SSSR count). The van der Waals surface area contributed by atoms with Gasteiger partial charge in [-0.3, -0.25) is 29.4 Å². The molecule has 2 aromatic rings. The number of nitrogens with one attached hydrogen (secondary N) is 4. The summed E-state index contributed by atoms with van der Waals surface area (Å²) in [5.74, 6) is -0.931. The van der Waals surface area contributed by atoms with E-state index in [4.69, 9.17) is 0 Å². The van der Waals surface area contributed by atoms with Crippen LogP contribution in [-0.4, -0.2) is 75.9 Å². The summed E-state index contributed by atoms with van der Waals surface area (Å²) in [6.07, 6.45) is 0.220. The lowest BCUT2D eigenvalue weighted by Crippen LogP contribution is -2.54. The fourth-order valence-electron chi connectivity index (χ4n) is 4.15. The van der Waals surface area contributed by atoms with Crippen molar-refractivity contribution in [2.24, 2.45) is 0 Å². The number of carbonyl (C=O) groups is 4. The minimum atomic E-state index is -0.973. The van der Waals surface area contributed by atoms with Gasteiger partial charge >= 0.3 is 0 Å². The first-order chi connectivity index (χ1) is 15.5. The Morgan fingerprint density at radius 1 is 1.06 bits per heavy atom. The Morgan fingerprint density at radius 2 is 1.84 bits per heavy atom. The number of H-pyrrole nitrogens is 1. The molecule has 4 amide bonds. The summed E-state index contributed by atoms with van der Waals surface area (Å²) < 4.78 is 0. The molecule has 0 spiro atoms. The number of imide groups is 2. The second-order valence-electron chi connectivity index (χ2n) is 7.90. The first kappa shape index (κ1) is 20.1. The number of hydrogen-bond donors (Lipinski definition) is 4. The van der Waals surface area contributed by atoms with Crippen molar-refractivity contribution in [3.8, 4) is 0 Å². The van der Waals surface area contributed by atoms with Crippen molar-refractivity contribution < 1.29 is 19.2 Å². The molecule has 0 aliphatic carbocycles. The van der Waals surface area contributed by atoms with Crippen LogP contribution in [0.4, 0.5) is 11.9 Å². The van der Waals surface area contributed by atoms with Gasteiger partial charge in [0.05, 0.1) is 11.1 Å². The number of carbonyl (C=O) groups excluding carboxylic acids is 4. The lowest BCUT2D eigenvalue weighted by molar-refractivity contribution is -0.136. The van der Waals surface area contributed by atoms with Gasteiger partial charge < -0.3 is 15.5 Å². The van der Waals surface area contributed by atoms with Gasteiger partial charge in [-0.1, -0.05) is 6.07 Å². The molecular formula is C20H22N8O4. The summed E-state index contributed by atoms with van der Waals surface area (Å²) in [6.45, 7) is 3.80. The number of nitrogens with zero attached hydrogens (tertiary/aromatic N) is 4. The van der Waals surface area contributed by atoms with Gasteiger partial charge in [0.1, 0.15) is 6.04 Å². The minimum absolute atomic E-state index is 0.0894. The molecule has 4 N–H and O–H groups in total. The molecule has 32 heavy (non-hydrogen) atoms. The van der Waals surface area contributed by atoms with Crippen LogP contribution in [0, 0.1) is 0 Å². The van der Waals surface area contributed by atoms with Crippen LogP contribution in [0.3, 0.4) is 0 Å². The molecule has 12 heteroatoms. The average Bonchev–Trinajstić information content (AvgIpc) is 3.37. The molecule has 1 atom stereocenters. The van der Waals surface area contributed by atoms with Gasteiger partial charge in [0.2, 0.25) is 23.7 Å². The molecule has 0 saturated carbocycles. The van der Waals surface area contributed by atoms with Crippen molar-refractivity contribution in [1.29, 1.82) is 0 Å². The van der Waals surface area contributed by atoms with Gasteiger partial charge in [-0.2, -0.15) is 4.98 Å². The molecule has 0 radical (unpaired) electrons. The summed E-state index contributed by atoms with van der Waals surface area (Å²) in [5.41, 5.74) is 1.28. The Balaban J connectivity index is 1.27. The predicted octanol–water partition coefficient (Wildman–Crippen LogP) is -0.772. The van der Waals surface area contributed by atoms with Gasteiger partial charge in [-0.05, 0) is 24.1 Å². The van der Waals surface area contributed by atoms with Crippen molar-refractivity contribution in [3.05, 3.63) is 34.9 Å². The highest BCUT2D eigenvalue weighted by molar-refractivity contribution is 6.23. The Hall–Kier alpha value is -3.80. The number of hydrogen-bond acceptors (Lipinski definition) is 9.